The highest BCUT2D eigenvalue weighted by molar-refractivity contribution is 8.17. The molecular weight excluding hydrogens is 390 g/mol. The van der Waals surface area contributed by atoms with Crippen LogP contribution in [0.15, 0.2) is 39.9 Å². The lowest BCUT2D eigenvalue weighted by atomic mass is 10.1. The zero-order valence-corrected chi connectivity index (χ0v) is 16.5. The van der Waals surface area contributed by atoms with Crippen molar-refractivity contribution in [1.82, 2.24) is 4.90 Å². The van der Waals surface area contributed by atoms with E-state index in [9.17, 15) is 13.2 Å². The SMILES string of the molecule is CCOc1cc(C=C2C(=N)N3C=C(C)SC3=NC2=O)ccc1OS(C)(=O)=O. The molecule has 0 saturated carbocycles. The molecule has 142 valence electrons. The Morgan fingerprint density at radius 3 is 2.74 bits per heavy atom. The van der Waals surface area contributed by atoms with Crippen LogP contribution in [0.4, 0.5) is 0 Å². The summed E-state index contributed by atoms with van der Waals surface area (Å²) in [6.07, 6.45) is 4.21. The molecule has 0 aromatic heterocycles. The van der Waals surface area contributed by atoms with Crippen molar-refractivity contribution >= 4 is 44.9 Å². The van der Waals surface area contributed by atoms with E-state index >= 15 is 0 Å². The maximum Gasteiger partial charge on any atom is 0.306 e. The Morgan fingerprint density at radius 2 is 2.07 bits per heavy atom. The molecule has 1 amide bonds. The summed E-state index contributed by atoms with van der Waals surface area (Å²) in [5.41, 5.74) is 0.683. The molecule has 2 heterocycles. The number of hydrogen-bond donors (Lipinski definition) is 1. The molecule has 1 aromatic carbocycles. The quantitative estimate of drug-likeness (QED) is 0.590. The highest BCUT2D eigenvalue weighted by Crippen LogP contribution is 2.34. The van der Waals surface area contributed by atoms with Gasteiger partial charge in [-0.15, -0.1) is 0 Å². The van der Waals surface area contributed by atoms with Crippen molar-refractivity contribution in [2.45, 2.75) is 13.8 Å². The number of carbonyl (C=O) groups is 1. The molecule has 0 unspecified atom stereocenters. The van der Waals surface area contributed by atoms with Gasteiger partial charge in [-0.05, 0) is 37.6 Å². The monoisotopic (exact) mass is 407 g/mol. The molecule has 8 nitrogen and oxygen atoms in total. The van der Waals surface area contributed by atoms with Gasteiger partial charge in [0.2, 0.25) is 0 Å². The first-order chi connectivity index (χ1) is 12.7. The number of ether oxygens (including phenoxy) is 1. The van der Waals surface area contributed by atoms with Gasteiger partial charge in [0.15, 0.2) is 16.7 Å². The highest BCUT2D eigenvalue weighted by atomic mass is 32.2. The summed E-state index contributed by atoms with van der Waals surface area (Å²) in [5, 5.41) is 8.77. The van der Waals surface area contributed by atoms with Gasteiger partial charge >= 0.3 is 10.1 Å². The van der Waals surface area contributed by atoms with Crippen LogP contribution in [0.1, 0.15) is 19.4 Å². The minimum atomic E-state index is -3.71. The Labute approximate surface area is 161 Å². The summed E-state index contributed by atoms with van der Waals surface area (Å²) < 4.78 is 33.1. The number of carbonyl (C=O) groups excluding carboxylic acids is 1. The smallest absolute Gasteiger partial charge is 0.306 e. The second kappa shape index (κ2) is 7.20. The predicted molar refractivity (Wildman–Crippen MR) is 104 cm³/mol. The van der Waals surface area contributed by atoms with E-state index in [0.29, 0.717) is 17.3 Å². The van der Waals surface area contributed by atoms with Crippen molar-refractivity contribution in [3.8, 4) is 11.5 Å². The number of fused-ring (bicyclic) bond motifs is 1. The minimum absolute atomic E-state index is 0.0313. The molecule has 0 radical (unpaired) electrons. The predicted octanol–water partition coefficient (Wildman–Crippen LogP) is 2.59. The first-order valence-corrected chi connectivity index (χ1v) is 10.6. The maximum absolute atomic E-state index is 12.3. The van der Waals surface area contributed by atoms with Crippen molar-refractivity contribution in [3.63, 3.8) is 0 Å². The molecule has 1 N–H and O–H groups in total. The van der Waals surface area contributed by atoms with Crippen LogP contribution in [0.5, 0.6) is 11.5 Å². The van der Waals surface area contributed by atoms with Crippen molar-refractivity contribution in [2.75, 3.05) is 12.9 Å². The number of hydrogen-bond acceptors (Lipinski definition) is 7. The summed E-state index contributed by atoms with van der Waals surface area (Å²) in [6, 6.07) is 4.58. The number of amidine groups is 2. The molecule has 0 atom stereocenters. The Bertz CT molecular complexity index is 1030. The fourth-order valence-corrected chi connectivity index (χ4v) is 3.76. The molecule has 0 spiro atoms. The molecule has 0 bridgehead atoms. The van der Waals surface area contributed by atoms with E-state index in [1.165, 1.54) is 23.9 Å². The first kappa shape index (κ1) is 19.2. The van der Waals surface area contributed by atoms with Crippen molar-refractivity contribution in [3.05, 3.63) is 40.4 Å². The molecular formula is C17H17N3O5S2. The van der Waals surface area contributed by atoms with Gasteiger partial charge in [-0.25, -0.2) is 0 Å². The molecule has 27 heavy (non-hydrogen) atoms. The molecule has 0 saturated heterocycles. The number of amides is 1. The number of nitrogens with one attached hydrogen (secondary N) is 1. The summed E-state index contributed by atoms with van der Waals surface area (Å²) in [5.74, 6) is -0.190. The highest BCUT2D eigenvalue weighted by Gasteiger charge is 2.32. The van der Waals surface area contributed by atoms with E-state index in [0.717, 1.165) is 11.2 Å². The van der Waals surface area contributed by atoms with Gasteiger partial charge in [0.25, 0.3) is 5.91 Å². The average molecular weight is 407 g/mol. The van der Waals surface area contributed by atoms with Gasteiger partial charge in [0.05, 0.1) is 18.4 Å². The Morgan fingerprint density at radius 1 is 1.33 bits per heavy atom. The van der Waals surface area contributed by atoms with Crippen molar-refractivity contribution < 1.29 is 22.1 Å². The van der Waals surface area contributed by atoms with Crippen LogP contribution in [-0.2, 0) is 14.9 Å². The Balaban J connectivity index is 1.98. The van der Waals surface area contributed by atoms with Crippen LogP contribution >= 0.6 is 11.8 Å². The lowest BCUT2D eigenvalue weighted by Crippen LogP contribution is -2.35. The van der Waals surface area contributed by atoms with Crippen molar-refractivity contribution in [1.29, 1.82) is 5.41 Å². The lowest BCUT2D eigenvalue weighted by molar-refractivity contribution is -0.114. The lowest BCUT2D eigenvalue weighted by Gasteiger charge is -2.22. The number of nitrogens with zero attached hydrogens (tertiary/aromatic N) is 2. The van der Waals surface area contributed by atoms with Gasteiger partial charge in [-0.2, -0.15) is 13.4 Å². The van der Waals surface area contributed by atoms with E-state index < -0.39 is 16.0 Å². The van der Waals surface area contributed by atoms with Gasteiger partial charge in [-0.1, -0.05) is 17.8 Å². The first-order valence-electron chi connectivity index (χ1n) is 7.93. The zero-order chi connectivity index (χ0) is 19.8. The Kier molecular flexibility index (Phi) is 5.11. The van der Waals surface area contributed by atoms with E-state index in [4.69, 9.17) is 14.3 Å². The van der Waals surface area contributed by atoms with Gasteiger partial charge < -0.3 is 8.92 Å². The molecule has 1 aromatic rings. The van der Waals surface area contributed by atoms with E-state index in [1.54, 1.807) is 30.2 Å². The summed E-state index contributed by atoms with van der Waals surface area (Å²) in [4.78, 5) is 18.8. The van der Waals surface area contributed by atoms with Crippen LogP contribution in [0.2, 0.25) is 0 Å². The van der Waals surface area contributed by atoms with Crippen LogP contribution in [0.3, 0.4) is 0 Å². The third kappa shape index (κ3) is 4.22. The van der Waals surface area contributed by atoms with Crippen LogP contribution < -0.4 is 8.92 Å². The topological polar surface area (TPSA) is 109 Å². The fourth-order valence-electron chi connectivity index (χ4n) is 2.48. The van der Waals surface area contributed by atoms with Crippen molar-refractivity contribution in [2.24, 2.45) is 4.99 Å². The van der Waals surface area contributed by atoms with Gasteiger partial charge in [0.1, 0.15) is 5.84 Å². The molecule has 0 fully saturated rings. The standard InChI is InChI=1S/C17H17N3O5S2/c1-4-24-14-8-11(5-6-13(14)25-27(3,22)23)7-12-15(18)20-9-10(2)26-17(20)19-16(12)21/h5-9,18H,4H2,1-3H3. The largest absolute Gasteiger partial charge is 0.490 e. The second-order valence-corrected chi connectivity index (χ2v) is 8.53. The average Bonchev–Trinajstić information content (AvgIpc) is 2.93. The third-order valence-corrected chi connectivity index (χ3v) is 4.89. The number of thioether (sulfide) groups is 1. The number of benzene rings is 1. The second-order valence-electron chi connectivity index (χ2n) is 5.74. The number of allylic oxidation sites excluding steroid dienone is 1. The van der Waals surface area contributed by atoms with Gasteiger partial charge in [0, 0.05) is 11.1 Å². The van der Waals surface area contributed by atoms with Gasteiger partial charge in [-0.3, -0.25) is 15.1 Å². The van der Waals surface area contributed by atoms with E-state index in [2.05, 4.69) is 4.99 Å². The molecule has 2 aliphatic rings. The molecule has 3 rings (SSSR count). The number of aliphatic imine (C=N–C) groups is 1. The number of rotatable bonds is 5. The molecule has 2 aliphatic heterocycles. The maximum atomic E-state index is 12.3. The Hall–Kier alpha value is -2.59. The summed E-state index contributed by atoms with van der Waals surface area (Å²) in [7, 11) is -3.71. The minimum Gasteiger partial charge on any atom is -0.490 e. The van der Waals surface area contributed by atoms with E-state index in [1.807, 2.05) is 6.92 Å². The molecule has 0 aliphatic carbocycles. The van der Waals surface area contributed by atoms with Crippen LogP contribution in [0.25, 0.3) is 6.08 Å². The molecule has 10 heteroatoms. The third-order valence-electron chi connectivity index (χ3n) is 3.51. The summed E-state index contributed by atoms with van der Waals surface area (Å²) >= 11 is 1.34. The van der Waals surface area contributed by atoms with Crippen LogP contribution in [-0.4, -0.2) is 43.1 Å². The van der Waals surface area contributed by atoms with E-state index in [-0.39, 0.29) is 22.9 Å². The fraction of sp³-hybridized carbons (Fsp3) is 0.235. The zero-order valence-electron chi connectivity index (χ0n) is 14.8. The van der Waals surface area contributed by atoms with Crippen LogP contribution in [0, 0.1) is 5.41 Å². The normalized spacial score (nSPS) is 18.3. The summed E-state index contributed by atoms with van der Waals surface area (Å²) in [6.45, 7) is 3.94.